The van der Waals surface area contributed by atoms with Crippen molar-refractivity contribution >= 4 is 11.3 Å². The van der Waals surface area contributed by atoms with Gasteiger partial charge in [-0.25, -0.2) is 4.98 Å². The van der Waals surface area contributed by atoms with Crippen LogP contribution in [0.15, 0.2) is 5.38 Å². The Hall–Kier alpha value is -0.450. The lowest BCUT2D eigenvalue weighted by atomic mass is 10.2. The molecule has 2 rings (SSSR count). The van der Waals surface area contributed by atoms with Crippen LogP contribution in [0.3, 0.4) is 0 Å². The van der Waals surface area contributed by atoms with Crippen LogP contribution in [0.1, 0.15) is 30.5 Å². The number of rotatable bonds is 5. The van der Waals surface area contributed by atoms with Crippen molar-refractivity contribution in [2.75, 3.05) is 19.6 Å². The second-order valence-corrected chi connectivity index (χ2v) is 5.40. The molecule has 1 N–H and O–H groups in total. The lowest BCUT2D eigenvalue weighted by Gasteiger charge is -2.23. The Morgan fingerprint density at radius 3 is 3.19 bits per heavy atom. The number of aromatic nitrogens is 1. The highest BCUT2D eigenvalue weighted by Gasteiger charge is 2.24. The number of hydrogen-bond donors (Lipinski definition) is 1. The summed E-state index contributed by atoms with van der Waals surface area (Å²) in [5, 5.41) is 6.86. The summed E-state index contributed by atoms with van der Waals surface area (Å²) in [5.74, 6) is 0. The molecule has 0 saturated carbocycles. The Kier molecular flexibility index (Phi) is 4.32. The van der Waals surface area contributed by atoms with Gasteiger partial charge < -0.3 is 5.32 Å². The minimum atomic E-state index is 0.712. The van der Waals surface area contributed by atoms with Gasteiger partial charge in [-0.2, -0.15) is 0 Å². The molecular formula is C12H21N3S. The highest BCUT2D eigenvalue weighted by molar-refractivity contribution is 7.09. The van der Waals surface area contributed by atoms with E-state index in [0.717, 1.165) is 25.3 Å². The Labute approximate surface area is 102 Å². The molecule has 1 saturated heterocycles. The summed E-state index contributed by atoms with van der Waals surface area (Å²) in [6.07, 6.45) is 2.66. The van der Waals surface area contributed by atoms with Gasteiger partial charge in [0, 0.05) is 23.7 Å². The van der Waals surface area contributed by atoms with Crippen molar-refractivity contribution in [3.63, 3.8) is 0 Å². The van der Waals surface area contributed by atoms with Crippen molar-refractivity contribution < 1.29 is 0 Å². The highest BCUT2D eigenvalue weighted by atomic mass is 32.1. The quantitative estimate of drug-likeness (QED) is 0.852. The van der Waals surface area contributed by atoms with Crippen molar-refractivity contribution in [2.24, 2.45) is 0 Å². The predicted octanol–water partition coefficient (Wildman–Crippen LogP) is 2.03. The molecule has 1 aliphatic heterocycles. The monoisotopic (exact) mass is 239 g/mol. The molecule has 0 radical (unpaired) electrons. The molecule has 0 amide bonds. The maximum Gasteiger partial charge on any atom is 0.107 e. The summed E-state index contributed by atoms with van der Waals surface area (Å²) in [4.78, 5) is 7.12. The summed E-state index contributed by atoms with van der Waals surface area (Å²) in [5.41, 5.74) is 1.16. The van der Waals surface area contributed by atoms with Crippen LogP contribution in [-0.2, 0) is 6.54 Å². The van der Waals surface area contributed by atoms with E-state index in [1.54, 1.807) is 11.3 Å². The molecule has 1 aliphatic rings. The molecule has 4 heteroatoms. The van der Waals surface area contributed by atoms with E-state index >= 15 is 0 Å². The second-order valence-electron chi connectivity index (χ2n) is 4.46. The zero-order valence-corrected chi connectivity index (χ0v) is 11.0. The van der Waals surface area contributed by atoms with E-state index in [2.05, 4.69) is 34.4 Å². The fourth-order valence-corrected chi connectivity index (χ4v) is 3.09. The van der Waals surface area contributed by atoms with E-state index in [0.29, 0.717) is 6.04 Å². The number of likely N-dealkylation sites (tertiary alicyclic amines) is 1. The minimum absolute atomic E-state index is 0.712. The molecule has 1 fully saturated rings. The molecule has 0 bridgehead atoms. The fourth-order valence-electron chi connectivity index (χ4n) is 2.29. The summed E-state index contributed by atoms with van der Waals surface area (Å²) >= 11 is 1.79. The van der Waals surface area contributed by atoms with Gasteiger partial charge in [-0.05, 0) is 32.9 Å². The van der Waals surface area contributed by atoms with Gasteiger partial charge in [0.05, 0.1) is 6.54 Å². The SMILES string of the molecule is CCNCC1CCCN1Cc1nc(C)cs1. The van der Waals surface area contributed by atoms with Gasteiger partial charge >= 0.3 is 0 Å². The van der Waals surface area contributed by atoms with E-state index in [1.807, 2.05) is 0 Å². The van der Waals surface area contributed by atoms with E-state index in [9.17, 15) is 0 Å². The first-order valence-corrected chi connectivity index (χ1v) is 7.03. The molecule has 1 unspecified atom stereocenters. The van der Waals surface area contributed by atoms with Gasteiger partial charge in [0.2, 0.25) is 0 Å². The van der Waals surface area contributed by atoms with Crippen LogP contribution in [-0.4, -0.2) is 35.6 Å². The van der Waals surface area contributed by atoms with Crippen molar-refractivity contribution in [3.8, 4) is 0 Å². The third-order valence-electron chi connectivity index (χ3n) is 3.13. The smallest absolute Gasteiger partial charge is 0.107 e. The lowest BCUT2D eigenvalue weighted by molar-refractivity contribution is 0.240. The van der Waals surface area contributed by atoms with Gasteiger partial charge in [0.25, 0.3) is 0 Å². The summed E-state index contributed by atoms with van der Waals surface area (Å²) in [6.45, 7) is 8.70. The van der Waals surface area contributed by atoms with Gasteiger partial charge in [-0.15, -0.1) is 11.3 Å². The number of nitrogens with one attached hydrogen (secondary N) is 1. The molecule has 1 aromatic heterocycles. The topological polar surface area (TPSA) is 28.2 Å². The van der Waals surface area contributed by atoms with Crippen molar-refractivity contribution in [1.82, 2.24) is 15.2 Å². The van der Waals surface area contributed by atoms with Crippen LogP contribution in [0.2, 0.25) is 0 Å². The first-order valence-electron chi connectivity index (χ1n) is 6.15. The number of nitrogens with zero attached hydrogens (tertiary/aromatic N) is 2. The molecule has 16 heavy (non-hydrogen) atoms. The average Bonchev–Trinajstić information content (AvgIpc) is 2.86. The second kappa shape index (κ2) is 5.75. The number of hydrogen-bond acceptors (Lipinski definition) is 4. The first kappa shape index (κ1) is 12.0. The van der Waals surface area contributed by atoms with Crippen LogP contribution in [0.4, 0.5) is 0 Å². The van der Waals surface area contributed by atoms with Crippen molar-refractivity contribution in [1.29, 1.82) is 0 Å². The molecule has 1 aromatic rings. The van der Waals surface area contributed by atoms with E-state index in [1.165, 1.54) is 24.4 Å². The number of aryl methyl sites for hydroxylation is 1. The summed E-state index contributed by atoms with van der Waals surface area (Å²) < 4.78 is 0. The fraction of sp³-hybridized carbons (Fsp3) is 0.750. The molecule has 0 spiro atoms. The van der Waals surface area contributed by atoms with E-state index in [-0.39, 0.29) is 0 Å². The third-order valence-corrected chi connectivity index (χ3v) is 4.09. The third kappa shape index (κ3) is 3.03. The molecule has 2 heterocycles. The van der Waals surface area contributed by atoms with Gasteiger partial charge in [0.1, 0.15) is 5.01 Å². The first-order chi connectivity index (χ1) is 7.79. The average molecular weight is 239 g/mol. The molecule has 1 atom stereocenters. The van der Waals surface area contributed by atoms with Gasteiger partial charge in [-0.3, -0.25) is 4.90 Å². The number of likely N-dealkylation sites (N-methyl/N-ethyl adjacent to an activating group) is 1. The summed E-state index contributed by atoms with van der Waals surface area (Å²) in [7, 11) is 0. The Morgan fingerprint density at radius 2 is 2.50 bits per heavy atom. The lowest BCUT2D eigenvalue weighted by Crippen LogP contribution is -2.37. The molecular weight excluding hydrogens is 218 g/mol. The van der Waals surface area contributed by atoms with Crippen LogP contribution in [0.5, 0.6) is 0 Å². The van der Waals surface area contributed by atoms with Gasteiger partial charge in [-0.1, -0.05) is 6.92 Å². The van der Waals surface area contributed by atoms with Crippen molar-refractivity contribution in [3.05, 3.63) is 16.1 Å². The van der Waals surface area contributed by atoms with Crippen LogP contribution < -0.4 is 5.32 Å². The highest BCUT2D eigenvalue weighted by Crippen LogP contribution is 2.21. The Balaban J connectivity index is 1.88. The molecule has 3 nitrogen and oxygen atoms in total. The van der Waals surface area contributed by atoms with E-state index < -0.39 is 0 Å². The number of thiazole rings is 1. The van der Waals surface area contributed by atoms with Gasteiger partial charge in [0.15, 0.2) is 0 Å². The standard InChI is InChI=1S/C12H21N3S/c1-3-13-7-11-5-4-6-15(11)8-12-14-10(2)9-16-12/h9,11,13H,3-8H2,1-2H3. The Bertz CT molecular complexity index is 324. The van der Waals surface area contributed by atoms with Crippen LogP contribution >= 0.6 is 11.3 Å². The maximum absolute atomic E-state index is 4.55. The minimum Gasteiger partial charge on any atom is -0.315 e. The Morgan fingerprint density at radius 1 is 1.62 bits per heavy atom. The zero-order valence-electron chi connectivity index (χ0n) is 10.2. The molecule has 90 valence electrons. The van der Waals surface area contributed by atoms with E-state index in [4.69, 9.17) is 0 Å². The van der Waals surface area contributed by atoms with Crippen molar-refractivity contribution in [2.45, 2.75) is 39.3 Å². The predicted molar refractivity (Wildman–Crippen MR) is 68.8 cm³/mol. The normalized spacial score (nSPS) is 21.8. The largest absolute Gasteiger partial charge is 0.315 e. The zero-order chi connectivity index (χ0) is 11.4. The van der Waals surface area contributed by atoms with Crippen LogP contribution in [0.25, 0.3) is 0 Å². The molecule has 0 aliphatic carbocycles. The van der Waals surface area contributed by atoms with Crippen LogP contribution in [0, 0.1) is 6.92 Å². The molecule has 0 aromatic carbocycles. The maximum atomic E-state index is 4.55. The summed E-state index contributed by atoms with van der Waals surface area (Å²) in [6, 6.07) is 0.712.